The monoisotopic (exact) mass is 230 g/mol. The molecule has 4 heteroatoms. The Labute approximate surface area is 94.5 Å². The van der Waals surface area contributed by atoms with Crippen LogP contribution >= 0.6 is 23.1 Å². The predicted octanol–water partition coefficient (Wildman–Crippen LogP) is 2.94. The second-order valence-electron chi connectivity index (χ2n) is 3.28. The summed E-state index contributed by atoms with van der Waals surface area (Å²) in [6.45, 7) is 3.31. The molecule has 0 fully saturated rings. The summed E-state index contributed by atoms with van der Waals surface area (Å²) >= 11 is 3.64. The molecule has 0 spiro atoms. The average Bonchev–Trinajstić information content (AvgIpc) is 2.70. The van der Waals surface area contributed by atoms with Crippen LogP contribution in [-0.2, 0) is 0 Å². The second kappa shape index (κ2) is 7.26. The van der Waals surface area contributed by atoms with Gasteiger partial charge in [0, 0.05) is 17.1 Å². The minimum Gasteiger partial charge on any atom is -0.309 e. The SMILES string of the molecule is CSCCCCNC(C)c1cncs1. The van der Waals surface area contributed by atoms with Crippen molar-refractivity contribution in [3.8, 4) is 0 Å². The molecule has 1 rings (SSSR count). The molecule has 80 valence electrons. The zero-order valence-electron chi connectivity index (χ0n) is 8.82. The summed E-state index contributed by atoms with van der Waals surface area (Å²) in [6.07, 6.45) is 6.69. The van der Waals surface area contributed by atoms with Gasteiger partial charge in [-0.1, -0.05) is 0 Å². The van der Waals surface area contributed by atoms with Crippen molar-refractivity contribution in [1.82, 2.24) is 10.3 Å². The van der Waals surface area contributed by atoms with Crippen LogP contribution in [0.5, 0.6) is 0 Å². The molecule has 0 aromatic carbocycles. The van der Waals surface area contributed by atoms with E-state index in [1.807, 2.05) is 23.5 Å². The first kappa shape index (κ1) is 12.0. The molecule has 14 heavy (non-hydrogen) atoms. The predicted molar refractivity (Wildman–Crippen MR) is 66.1 cm³/mol. The highest BCUT2D eigenvalue weighted by atomic mass is 32.2. The molecule has 1 aromatic heterocycles. The highest BCUT2D eigenvalue weighted by Gasteiger charge is 2.04. The molecule has 1 atom stereocenters. The summed E-state index contributed by atoms with van der Waals surface area (Å²) in [5.41, 5.74) is 1.89. The first-order valence-electron chi connectivity index (χ1n) is 4.95. The van der Waals surface area contributed by atoms with Gasteiger partial charge in [-0.05, 0) is 38.3 Å². The molecular formula is C10H18N2S2. The lowest BCUT2D eigenvalue weighted by Gasteiger charge is -2.10. The standard InChI is InChI=1S/C10H18N2S2/c1-9(10-7-11-8-14-10)12-5-3-4-6-13-2/h7-9,12H,3-6H2,1-2H3. The van der Waals surface area contributed by atoms with Crippen molar-refractivity contribution in [3.63, 3.8) is 0 Å². The van der Waals surface area contributed by atoms with Gasteiger partial charge in [0.25, 0.3) is 0 Å². The van der Waals surface area contributed by atoms with Crippen LogP contribution in [0.2, 0.25) is 0 Å². The smallest absolute Gasteiger partial charge is 0.0794 e. The van der Waals surface area contributed by atoms with Gasteiger partial charge < -0.3 is 5.32 Å². The maximum atomic E-state index is 4.08. The molecule has 1 aromatic rings. The lowest BCUT2D eigenvalue weighted by molar-refractivity contribution is 0.561. The maximum Gasteiger partial charge on any atom is 0.0794 e. The van der Waals surface area contributed by atoms with Crippen molar-refractivity contribution in [2.45, 2.75) is 25.8 Å². The van der Waals surface area contributed by atoms with Crippen molar-refractivity contribution >= 4 is 23.1 Å². The number of nitrogens with one attached hydrogen (secondary N) is 1. The number of hydrogen-bond donors (Lipinski definition) is 1. The first-order chi connectivity index (χ1) is 6.84. The van der Waals surface area contributed by atoms with Crippen LogP contribution in [0.3, 0.4) is 0 Å². The highest BCUT2D eigenvalue weighted by Crippen LogP contribution is 2.15. The maximum absolute atomic E-state index is 4.08. The van der Waals surface area contributed by atoms with E-state index in [0.717, 1.165) is 6.54 Å². The van der Waals surface area contributed by atoms with Crippen molar-refractivity contribution < 1.29 is 0 Å². The van der Waals surface area contributed by atoms with E-state index in [1.54, 1.807) is 11.3 Å². The normalized spacial score (nSPS) is 13.0. The molecule has 0 radical (unpaired) electrons. The molecule has 0 saturated heterocycles. The molecule has 1 unspecified atom stereocenters. The molecule has 0 bridgehead atoms. The van der Waals surface area contributed by atoms with E-state index in [2.05, 4.69) is 23.5 Å². The van der Waals surface area contributed by atoms with Crippen LogP contribution < -0.4 is 5.32 Å². The van der Waals surface area contributed by atoms with Crippen LogP contribution in [0.25, 0.3) is 0 Å². The van der Waals surface area contributed by atoms with Crippen LogP contribution in [-0.4, -0.2) is 23.5 Å². The molecule has 1 N–H and O–H groups in total. The Morgan fingerprint density at radius 3 is 3.07 bits per heavy atom. The third-order valence-corrected chi connectivity index (χ3v) is 3.76. The summed E-state index contributed by atoms with van der Waals surface area (Å²) in [6, 6.07) is 0.455. The van der Waals surface area contributed by atoms with Gasteiger partial charge in [0.05, 0.1) is 5.51 Å². The van der Waals surface area contributed by atoms with E-state index >= 15 is 0 Å². The Morgan fingerprint density at radius 1 is 1.57 bits per heavy atom. The molecule has 0 aliphatic rings. The topological polar surface area (TPSA) is 24.9 Å². The van der Waals surface area contributed by atoms with E-state index < -0.39 is 0 Å². The molecule has 1 heterocycles. The molecule has 0 aliphatic carbocycles. The van der Waals surface area contributed by atoms with E-state index in [9.17, 15) is 0 Å². The zero-order valence-corrected chi connectivity index (χ0v) is 10.5. The fraction of sp³-hybridized carbons (Fsp3) is 0.700. The number of thioether (sulfide) groups is 1. The minimum atomic E-state index is 0.455. The summed E-state index contributed by atoms with van der Waals surface area (Å²) < 4.78 is 0. The van der Waals surface area contributed by atoms with Crippen molar-refractivity contribution in [3.05, 3.63) is 16.6 Å². The number of unbranched alkanes of at least 4 members (excludes halogenated alkanes) is 1. The summed E-state index contributed by atoms with van der Waals surface area (Å²) in [5.74, 6) is 1.27. The van der Waals surface area contributed by atoms with Gasteiger partial charge in [0.2, 0.25) is 0 Å². The number of thiazole rings is 1. The van der Waals surface area contributed by atoms with Crippen LogP contribution in [0.1, 0.15) is 30.7 Å². The van der Waals surface area contributed by atoms with Crippen molar-refractivity contribution in [1.29, 1.82) is 0 Å². The van der Waals surface area contributed by atoms with E-state index in [1.165, 1.54) is 23.5 Å². The van der Waals surface area contributed by atoms with Gasteiger partial charge in [-0.15, -0.1) is 11.3 Å². The Morgan fingerprint density at radius 2 is 2.43 bits per heavy atom. The van der Waals surface area contributed by atoms with Gasteiger partial charge in [-0.3, -0.25) is 4.98 Å². The molecule has 0 aliphatic heterocycles. The van der Waals surface area contributed by atoms with Gasteiger partial charge in [-0.2, -0.15) is 11.8 Å². The first-order valence-corrected chi connectivity index (χ1v) is 7.22. The Balaban J connectivity index is 2.07. The van der Waals surface area contributed by atoms with Crippen LogP contribution in [0.4, 0.5) is 0 Å². The van der Waals surface area contributed by atoms with Crippen molar-refractivity contribution in [2.75, 3.05) is 18.6 Å². The summed E-state index contributed by atoms with van der Waals surface area (Å²) in [5, 5.41) is 3.51. The highest BCUT2D eigenvalue weighted by molar-refractivity contribution is 7.98. The van der Waals surface area contributed by atoms with E-state index in [0.29, 0.717) is 6.04 Å². The Bertz CT molecular complexity index is 224. The van der Waals surface area contributed by atoms with E-state index in [4.69, 9.17) is 0 Å². The number of hydrogen-bond acceptors (Lipinski definition) is 4. The van der Waals surface area contributed by atoms with E-state index in [-0.39, 0.29) is 0 Å². The van der Waals surface area contributed by atoms with Crippen LogP contribution in [0.15, 0.2) is 11.7 Å². The summed E-state index contributed by atoms with van der Waals surface area (Å²) in [7, 11) is 0. The molecule has 0 amide bonds. The lowest BCUT2D eigenvalue weighted by Crippen LogP contribution is -2.19. The van der Waals surface area contributed by atoms with Crippen molar-refractivity contribution in [2.24, 2.45) is 0 Å². The Kier molecular flexibility index (Phi) is 6.23. The minimum absolute atomic E-state index is 0.455. The van der Waals surface area contributed by atoms with Gasteiger partial charge >= 0.3 is 0 Å². The second-order valence-corrected chi connectivity index (χ2v) is 5.18. The van der Waals surface area contributed by atoms with Crippen LogP contribution in [0, 0.1) is 0 Å². The zero-order chi connectivity index (χ0) is 10.2. The Hall–Kier alpha value is -0.0600. The summed E-state index contributed by atoms with van der Waals surface area (Å²) in [4.78, 5) is 5.40. The number of rotatable bonds is 7. The lowest BCUT2D eigenvalue weighted by atomic mass is 10.2. The number of nitrogens with zero attached hydrogens (tertiary/aromatic N) is 1. The third-order valence-electron chi connectivity index (χ3n) is 2.10. The van der Waals surface area contributed by atoms with Gasteiger partial charge in [-0.25, -0.2) is 0 Å². The van der Waals surface area contributed by atoms with Gasteiger partial charge in [0.15, 0.2) is 0 Å². The third kappa shape index (κ3) is 4.44. The molecule has 0 saturated carbocycles. The fourth-order valence-corrected chi connectivity index (χ4v) is 2.38. The quantitative estimate of drug-likeness (QED) is 0.729. The largest absolute Gasteiger partial charge is 0.309 e. The molecule has 2 nitrogen and oxygen atoms in total. The number of aromatic nitrogens is 1. The molecular weight excluding hydrogens is 212 g/mol. The van der Waals surface area contributed by atoms with Gasteiger partial charge in [0.1, 0.15) is 0 Å². The fourth-order valence-electron chi connectivity index (χ4n) is 1.23. The average molecular weight is 230 g/mol.